The fourth-order valence-electron chi connectivity index (χ4n) is 1.55. The average Bonchev–Trinajstić information content (AvgIpc) is 2.39. The van der Waals surface area contributed by atoms with Crippen LogP contribution in [-0.4, -0.2) is 6.04 Å². The molecule has 0 bridgehead atoms. The van der Waals surface area contributed by atoms with Gasteiger partial charge in [-0.1, -0.05) is 30.0 Å². The summed E-state index contributed by atoms with van der Waals surface area (Å²) >= 11 is 0. The van der Waals surface area contributed by atoms with Crippen LogP contribution in [-0.2, 0) is 0 Å². The van der Waals surface area contributed by atoms with Crippen LogP contribution < -0.4 is 5.32 Å². The van der Waals surface area contributed by atoms with Crippen LogP contribution in [0.3, 0.4) is 0 Å². The van der Waals surface area contributed by atoms with Gasteiger partial charge in [-0.2, -0.15) is 0 Å². The highest BCUT2D eigenvalue weighted by atomic mass is 19.1. The second-order valence-electron chi connectivity index (χ2n) is 4.01. The van der Waals surface area contributed by atoms with E-state index in [0.29, 0.717) is 0 Å². The molecule has 0 saturated carbocycles. The Morgan fingerprint density at radius 3 is 2.33 bits per heavy atom. The zero-order valence-corrected chi connectivity index (χ0v) is 10.2. The molecule has 1 N–H and O–H groups in total. The molecule has 0 aromatic heterocycles. The van der Waals surface area contributed by atoms with Crippen LogP contribution in [0.15, 0.2) is 54.6 Å². The van der Waals surface area contributed by atoms with E-state index in [0.717, 1.165) is 11.3 Å². The van der Waals surface area contributed by atoms with Gasteiger partial charge < -0.3 is 5.32 Å². The zero-order valence-electron chi connectivity index (χ0n) is 10.2. The predicted octanol–water partition coefficient (Wildman–Crippen LogP) is 3.68. The molecule has 2 heteroatoms. The molecule has 0 aliphatic heterocycles. The lowest BCUT2D eigenvalue weighted by molar-refractivity contribution is 0.627. The Kier molecular flexibility index (Phi) is 3.98. The first kappa shape index (κ1) is 12.2. The molecule has 0 radical (unpaired) electrons. The molecule has 0 unspecified atom stereocenters. The molecule has 90 valence electrons. The SMILES string of the molecule is C[C@H](C#Cc1ccc(F)cc1)Nc1ccccc1. The lowest BCUT2D eigenvalue weighted by Gasteiger charge is -2.08. The van der Waals surface area contributed by atoms with Crippen molar-refractivity contribution < 1.29 is 4.39 Å². The Balaban J connectivity index is 2.00. The molecule has 0 fully saturated rings. The molecule has 0 spiro atoms. The van der Waals surface area contributed by atoms with E-state index in [1.54, 1.807) is 12.1 Å². The average molecular weight is 239 g/mol. The maximum Gasteiger partial charge on any atom is 0.123 e. The van der Waals surface area contributed by atoms with E-state index in [1.807, 2.05) is 37.3 Å². The van der Waals surface area contributed by atoms with Gasteiger partial charge in [-0.25, -0.2) is 4.39 Å². The zero-order chi connectivity index (χ0) is 12.8. The van der Waals surface area contributed by atoms with Crippen molar-refractivity contribution in [2.75, 3.05) is 5.32 Å². The summed E-state index contributed by atoms with van der Waals surface area (Å²) < 4.78 is 12.7. The molecule has 0 aliphatic rings. The second kappa shape index (κ2) is 5.88. The summed E-state index contributed by atoms with van der Waals surface area (Å²) in [5.74, 6) is 5.86. The molecule has 0 aliphatic carbocycles. The van der Waals surface area contributed by atoms with Crippen molar-refractivity contribution in [3.8, 4) is 11.8 Å². The van der Waals surface area contributed by atoms with Gasteiger partial charge in [0.25, 0.3) is 0 Å². The van der Waals surface area contributed by atoms with E-state index in [4.69, 9.17) is 0 Å². The number of hydrogen-bond donors (Lipinski definition) is 1. The molecule has 0 saturated heterocycles. The predicted molar refractivity (Wildman–Crippen MR) is 72.8 cm³/mol. The van der Waals surface area contributed by atoms with Crippen LogP contribution in [0.1, 0.15) is 12.5 Å². The quantitative estimate of drug-likeness (QED) is 0.788. The molecule has 1 atom stereocenters. The summed E-state index contributed by atoms with van der Waals surface area (Å²) in [4.78, 5) is 0. The first-order valence-corrected chi connectivity index (χ1v) is 5.83. The van der Waals surface area contributed by atoms with Crippen molar-refractivity contribution in [1.82, 2.24) is 0 Å². The fourth-order valence-corrected chi connectivity index (χ4v) is 1.55. The highest BCUT2D eigenvalue weighted by Crippen LogP contribution is 2.06. The molecule has 2 aromatic rings. The van der Waals surface area contributed by atoms with Crippen molar-refractivity contribution in [1.29, 1.82) is 0 Å². The molecule has 2 rings (SSSR count). The number of benzene rings is 2. The number of halogens is 1. The molecule has 0 heterocycles. The molecule has 1 nitrogen and oxygen atoms in total. The van der Waals surface area contributed by atoms with Gasteiger partial charge >= 0.3 is 0 Å². The minimum atomic E-state index is -0.240. The molecular weight excluding hydrogens is 225 g/mol. The van der Waals surface area contributed by atoms with Crippen molar-refractivity contribution in [2.45, 2.75) is 13.0 Å². The Hall–Kier alpha value is -2.27. The van der Waals surface area contributed by atoms with Crippen LogP contribution in [0.25, 0.3) is 0 Å². The lowest BCUT2D eigenvalue weighted by Crippen LogP contribution is -2.12. The maximum atomic E-state index is 12.7. The first-order chi connectivity index (χ1) is 8.74. The van der Waals surface area contributed by atoms with Crippen molar-refractivity contribution in [3.63, 3.8) is 0 Å². The highest BCUT2D eigenvalue weighted by molar-refractivity contribution is 5.46. The fraction of sp³-hybridized carbons (Fsp3) is 0.125. The van der Waals surface area contributed by atoms with Gasteiger partial charge in [0.2, 0.25) is 0 Å². The summed E-state index contributed by atoms with van der Waals surface area (Å²) in [6, 6.07) is 16.1. The minimum absolute atomic E-state index is 0.0393. The van der Waals surface area contributed by atoms with Gasteiger partial charge in [0.15, 0.2) is 0 Å². The van der Waals surface area contributed by atoms with E-state index < -0.39 is 0 Å². The smallest absolute Gasteiger partial charge is 0.123 e. The van der Waals surface area contributed by atoms with E-state index in [2.05, 4.69) is 17.2 Å². The van der Waals surface area contributed by atoms with Crippen LogP contribution in [0.2, 0.25) is 0 Å². The van der Waals surface area contributed by atoms with Gasteiger partial charge in [0.05, 0.1) is 6.04 Å². The van der Waals surface area contributed by atoms with Crippen LogP contribution in [0.5, 0.6) is 0 Å². The number of nitrogens with one attached hydrogen (secondary N) is 1. The molecule has 2 aromatic carbocycles. The van der Waals surface area contributed by atoms with Gasteiger partial charge in [0.1, 0.15) is 5.82 Å². The Morgan fingerprint density at radius 1 is 1.00 bits per heavy atom. The third kappa shape index (κ3) is 3.64. The largest absolute Gasteiger partial charge is 0.372 e. The highest BCUT2D eigenvalue weighted by Gasteiger charge is 1.96. The van der Waals surface area contributed by atoms with Gasteiger partial charge in [-0.15, -0.1) is 0 Å². The van der Waals surface area contributed by atoms with E-state index in [-0.39, 0.29) is 11.9 Å². The Labute approximate surface area is 107 Å². The standard InChI is InChI=1S/C16H14FN/c1-13(18-16-5-3-2-4-6-16)7-8-14-9-11-15(17)12-10-14/h2-6,9-13,18H,1H3/t13-/m1/s1. The summed E-state index contributed by atoms with van der Waals surface area (Å²) in [5.41, 5.74) is 1.86. The second-order valence-corrected chi connectivity index (χ2v) is 4.01. The van der Waals surface area contributed by atoms with Gasteiger partial charge in [-0.05, 0) is 43.3 Å². The monoisotopic (exact) mass is 239 g/mol. The van der Waals surface area contributed by atoms with Crippen molar-refractivity contribution >= 4 is 5.69 Å². The summed E-state index contributed by atoms with van der Waals surface area (Å²) in [6.45, 7) is 1.99. The number of anilines is 1. The van der Waals surface area contributed by atoms with E-state index in [1.165, 1.54) is 12.1 Å². The molecule has 0 amide bonds. The number of rotatable bonds is 2. The molecule has 18 heavy (non-hydrogen) atoms. The summed E-state index contributed by atoms with van der Waals surface area (Å²) in [6.07, 6.45) is 0. The number of para-hydroxylation sites is 1. The molecular formula is C16H14FN. The number of hydrogen-bond acceptors (Lipinski definition) is 1. The lowest BCUT2D eigenvalue weighted by atomic mass is 10.2. The third-order valence-corrected chi connectivity index (χ3v) is 2.43. The maximum absolute atomic E-state index is 12.7. The van der Waals surface area contributed by atoms with Crippen molar-refractivity contribution in [3.05, 3.63) is 66.0 Å². The third-order valence-electron chi connectivity index (χ3n) is 2.43. The van der Waals surface area contributed by atoms with Gasteiger partial charge in [-0.3, -0.25) is 0 Å². The Morgan fingerprint density at radius 2 is 1.67 bits per heavy atom. The van der Waals surface area contributed by atoms with E-state index >= 15 is 0 Å². The summed E-state index contributed by atoms with van der Waals surface area (Å²) in [5, 5.41) is 3.28. The van der Waals surface area contributed by atoms with Crippen LogP contribution in [0, 0.1) is 17.7 Å². The van der Waals surface area contributed by atoms with Gasteiger partial charge in [0, 0.05) is 11.3 Å². The van der Waals surface area contributed by atoms with Crippen LogP contribution in [0.4, 0.5) is 10.1 Å². The normalized spacial score (nSPS) is 11.2. The van der Waals surface area contributed by atoms with E-state index in [9.17, 15) is 4.39 Å². The minimum Gasteiger partial charge on any atom is -0.372 e. The Bertz CT molecular complexity index is 549. The topological polar surface area (TPSA) is 12.0 Å². The van der Waals surface area contributed by atoms with Crippen LogP contribution >= 0.6 is 0 Å². The first-order valence-electron chi connectivity index (χ1n) is 5.83. The van der Waals surface area contributed by atoms with Crippen molar-refractivity contribution in [2.24, 2.45) is 0 Å². The summed E-state index contributed by atoms with van der Waals surface area (Å²) in [7, 11) is 0.